The number of fused-ring (bicyclic) bond motifs is 1. The Morgan fingerprint density at radius 2 is 1.71 bits per heavy atom. The Morgan fingerprint density at radius 3 is 2.00 bits per heavy atom. The van der Waals surface area contributed by atoms with Gasteiger partial charge in [-0.05, 0) is 19.1 Å². The van der Waals surface area contributed by atoms with Gasteiger partial charge in [-0.1, -0.05) is 24.3 Å². The second-order valence-corrected chi connectivity index (χ2v) is 3.24. The average molecular weight is 184 g/mol. The normalized spacial score (nSPS) is 10.1. The number of nitrogen functional groups attached to an aromatic ring is 1. The van der Waals surface area contributed by atoms with Crippen LogP contribution in [-0.4, -0.2) is 4.98 Å². The van der Waals surface area contributed by atoms with Crippen LogP contribution in [0.2, 0.25) is 0 Å². The van der Waals surface area contributed by atoms with E-state index in [-0.39, 0.29) is 0 Å². The Kier molecular flexibility index (Phi) is 2.19. The molecule has 14 heavy (non-hydrogen) atoms. The molecule has 0 unspecified atom stereocenters. The third-order valence-corrected chi connectivity index (χ3v) is 2.15. The Morgan fingerprint density at radius 1 is 1.00 bits per heavy atom. The molecule has 0 radical (unpaired) electrons. The molecule has 0 aliphatic heterocycles. The van der Waals surface area contributed by atoms with E-state index in [4.69, 9.17) is 5.73 Å². The van der Waals surface area contributed by atoms with Gasteiger partial charge in [-0.3, -0.25) is 4.98 Å². The van der Waals surface area contributed by atoms with E-state index in [9.17, 15) is 0 Å². The lowest BCUT2D eigenvalue weighted by Crippen LogP contribution is -1.72. The third kappa shape index (κ3) is 1.74. The standard InChI is InChI=1S/C6H5N.C6H7N/c7-6-4-2-1-3-5(4)6;1-6-4-2-3-5-7-6/h1-3H,7H2;2-5H,1H3. The summed E-state index contributed by atoms with van der Waals surface area (Å²) in [5.41, 5.74) is 9.99. The Hall–Kier alpha value is -1.83. The SMILES string of the molecule is Cc1ccccn1.Nc1c2cccc1-2. The zero-order valence-electron chi connectivity index (χ0n) is 8.07. The Bertz CT molecular complexity index is 415. The summed E-state index contributed by atoms with van der Waals surface area (Å²) in [6.07, 6.45) is 1.79. The number of rotatable bonds is 0. The maximum atomic E-state index is 5.43. The summed E-state index contributed by atoms with van der Waals surface area (Å²) in [7, 11) is 0. The van der Waals surface area contributed by atoms with Crippen LogP contribution < -0.4 is 5.73 Å². The number of benzene rings is 1. The van der Waals surface area contributed by atoms with E-state index in [1.165, 1.54) is 11.1 Å². The fourth-order valence-electron chi connectivity index (χ4n) is 1.28. The molecular weight excluding hydrogens is 172 g/mol. The molecule has 1 aromatic heterocycles. The molecule has 0 saturated heterocycles. The smallest absolute Gasteiger partial charge is 0.0474 e. The monoisotopic (exact) mass is 184 g/mol. The van der Waals surface area contributed by atoms with Crippen LogP contribution in [0.4, 0.5) is 5.69 Å². The van der Waals surface area contributed by atoms with Crippen molar-refractivity contribution in [3.63, 3.8) is 0 Å². The molecule has 3 rings (SSSR count). The lowest BCUT2D eigenvalue weighted by molar-refractivity contribution is 1.20. The van der Waals surface area contributed by atoms with Gasteiger partial charge in [0.25, 0.3) is 0 Å². The van der Waals surface area contributed by atoms with Crippen molar-refractivity contribution in [2.24, 2.45) is 0 Å². The fourth-order valence-corrected chi connectivity index (χ4v) is 1.28. The molecule has 2 heteroatoms. The molecular formula is C12H12N2. The first-order valence-corrected chi connectivity index (χ1v) is 4.55. The highest BCUT2D eigenvalue weighted by Gasteiger charge is 2.18. The van der Waals surface area contributed by atoms with Gasteiger partial charge in [0.15, 0.2) is 0 Å². The predicted molar refractivity (Wildman–Crippen MR) is 58.8 cm³/mol. The van der Waals surface area contributed by atoms with Crippen LogP contribution in [0, 0.1) is 6.92 Å². The third-order valence-electron chi connectivity index (χ3n) is 2.15. The molecule has 0 saturated carbocycles. The van der Waals surface area contributed by atoms with Gasteiger partial charge in [-0.25, -0.2) is 0 Å². The number of aromatic nitrogens is 1. The molecule has 0 fully saturated rings. The van der Waals surface area contributed by atoms with Gasteiger partial charge in [0, 0.05) is 28.7 Å². The summed E-state index contributed by atoms with van der Waals surface area (Å²) < 4.78 is 0. The van der Waals surface area contributed by atoms with Crippen molar-refractivity contribution in [3.8, 4) is 11.1 Å². The van der Waals surface area contributed by atoms with Crippen LogP contribution in [0.25, 0.3) is 11.1 Å². The lowest BCUT2D eigenvalue weighted by Gasteiger charge is -1.82. The maximum Gasteiger partial charge on any atom is 0.0474 e. The molecule has 1 heterocycles. The summed E-state index contributed by atoms with van der Waals surface area (Å²) in [4.78, 5) is 3.98. The number of pyridine rings is 1. The molecule has 2 nitrogen and oxygen atoms in total. The number of hydrogen-bond acceptors (Lipinski definition) is 2. The van der Waals surface area contributed by atoms with Crippen LogP contribution in [0.1, 0.15) is 5.69 Å². The van der Waals surface area contributed by atoms with Crippen LogP contribution in [0.3, 0.4) is 0 Å². The van der Waals surface area contributed by atoms with Crippen molar-refractivity contribution in [3.05, 3.63) is 48.3 Å². The Labute approximate surface area is 83.4 Å². The second-order valence-electron chi connectivity index (χ2n) is 3.24. The molecule has 0 bridgehead atoms. The zero-order chi connectivity index (χ0) is 9.97. The van der Waals surface area contributed by atoms with Gasteiger partial charge in [-0.2, -0.15) is 0 Å². The number of hydrogen-bond donors (Lipinski definition) is 1. The van der Waals surface area contributed by atoms with Gasteiger partial charge >= 0.3 is 0 Å². The minimum Gasteiger partial charge on any atom is -0.398 e. The molecule has 0 aromatic carbocycles. The fraction of sp³-hybridized carbons (Fsp3) is 0.0833. The highest BCUT2D eigenvalue weighted by atomic mass is 14.6. The molecule has 0 atom stereocenters. The first kappa shape index (κ1) is 8.75. The molecule has 0 spiro atoms. The average Bonchev–Trinajstić information content (AvgIpc) is 2.68. The van der Waals surface area contributed by atoms with Crippen LogP contribution in [0.15, 0.2) is 42.6 Å². The quantitative estimate of drug-likeness (QED) is 0.545. The van der Waals surface area contributed by atoms with E-state index in [0.717, 1.165) is 11.4 Å². The van der Waals surface area contributed by atoms with Gasteiger partial charge in [0.1, 0.15) is 0 Å². The van der Waals surface area contributed by atoms with Crippen molar-refractivity contribution in [2.75, 3.05) is 5.73 Å². The van der Waals surface area contributed by atoms with Crippen LogP contribution >= 0.6 is 0 Å². The molecule has 2 aliphatic carbocycles. The maximum absolute atomic E-state index is 5.43. The highest BCUT2D eigenvalue weighted by molar-refractivity contribution is 6.02. The lowest BCUT2D eigenvalue weighted by atomic mass is 10.4. The molecule has 70 valence electrons. The second kappa shape index (κ2) is 3.50. The summed E-state index contributed by atoms with van der Waals surface area (Å²) in [5, 5.41) is 0. The zero-order valence-corrected chi connectivity index (χ0v) is 8.07. The number of para-hydroxylation sites is 1. The van der Waals surface area contributed by atoms with E-state index in [0.29, 0.717) is 0 Å². The van der Waals surface area contributed by atoms with Crippen molar-refractivity contribution in [2.45, 2.75) is 6.92 Å². The number of anilines is 1. The van der Waals surface area contributed by atoms with Crippen LogP contribution in [0.5, 0.6) is 0 Å². The largest absolute Gasteiger partial charge is 0.398 e. The topological polar surface area (TPSA) is 38.9 Å². The number of nitrogens with two attached hydrogens (primary N) is 1. The molecule has 1 aromatic rings. The van der Waals surface area contributed by atoms with Gasteiger partial charge in [0.2, 0.25) is 0 Å². The summed E-state index contributed by atoms with van der Waals surface area (Å²) >= 11 is 0. The first-order valence-electron chi connectivity index (χ1n) is 4.55. The molecule has 2 aliphatic rings. The molecule has 0 amide bonds. The van der Waals surface area contributed by atoms with Crippen molar-refractivity contribution in [1.82, 2.24) is 4.98 Å². The van der Waals surface area contributed by atoms with Crippen molar-refractivity contribution in [1.29, 1.82) is 0 Å². The van der Waals surface area contributed by atoms with E-state index < -0.39 is 0 Å². The van der Waals surface area contributed by atoms with Crippen LogP contribution in [-0.2, 0) is 0 Å². The minimum absolute atomic E-state index is 0.988. The van der Waals surface area contributed by atoms with Crippen molar-refractivity contribution >= 4 is 5.69 Å². The number of nitrogens with zero attached hydrogens (tertiary/aromatic N) is 1. The van der Waals surface area contributed by atoms with E-state index >= 15 is 0 Å². The van der Waals surface area contributed by atoms with E-state index in [1.54, 1.807) is 6.20 Å². The van der Waals surface area contributed by atoms with Gasteiger partial charge < -0.3 is 5.73 Å². The first-order chi connectivity index (χ1) is 6.79. The summed E-state index contributed by atoms with van der Waals surface area (Å²) in [6.45, 7) is 1.97. The number of aryl methyl sites for hydroxylation is 1. The van der Waals surface area contributed by atoms with Gasteiger partial charge in [-0.15, -0.1) is 0 Å². The van der Waals surface area contributed by atoms with E-state index in [1.807, 2.05) is 43.3 Å². The Balaban J connectivity index is 0.000000107. The minimum atomic E-state index is 0.988. The van der Waals surface area contributed by atoms with Gasteiger partial charge in [0.05, 0.1) is 0 Å². The summed E-state index contributed by atoms with van der Waals surface area (Å²) in [6, 6.07) is 11.9. The highest BCUT2D eigenvalue weighted by Crippen LogP contribution is 2.45. The predicted octanol–water partition coefficient (Wildman–Crippen LogP) is 2.64. The van der Waals surface area contributed by atoms with E-state index in [2.05, 4.69) is 4.98 Å². The summed E-state index contributed by atoms with van der Waals surface area (Å²) in [5.74, 6) is 0. The van der Waals surface area contributed by atoms with Crippen molar-refractivity contribution < 1.29 is 0 Å². The molecule has 2 N–H and O–H groups in total.